The Morgan fingerprint density at radius 2 is 2.38 bits per heavy atom. The van der Waals surface area contributed by atoms with Crippen LogP contribution >= 0.6 is 23.3 Å². The van der Waals surface area contributed by atoms with Crippen molar-refractivity contribution in [2.45, 2.75) is 19.4 Å². The quantitative estimate of drug-likeness (QED) is 0.827. The van der Waals surface area contributed by atoms with Crippen molar-refractivity contribution in [1.82, 2.24) is 8.75 Å². The Morgan fingerprint density at radius 3 is 2.92 bits per heavy atom. The van der Waals surface area contributed by atoms with Crippen LogP contribution in [0.4, 0.5) is 5.82 Å². The average Bonchev–Trinajstić information content (AvgIpc) is 2.48. The summed E-state index contributed by atoms with van der Waals surface area (Å²) in [6, 6.07) is 0.293. The van der Waals surface area contributed by atoms with Gasteiger partial charge in [-0.2, -0.15) is 8.75 Å². The summed E-state index contributed by atoms with van der Waals surface area (Å²) in [7, 11) is 1.68. The molecule has 1 N–H and O–H groups in total. The normalized spacial score (nSPS) is 12.8. The van der Waals surface area contributed by atoms with Crippen molar-refractivity contribution < 1.29 is 4.74 Å². The predicted octanol–water partition coefficient (Wildman–Crippen LogP) is 2.03. The number of nitrogens with zero attached hydrogens (tertiary/aromatic N) is 2. The Balaban J connectivity index is 2.36. The summed E-state index contributed by atoms with van der Waals surface area (Å²) >= 11 is 6.87. The lowest BCUT2D eigenvalue weighted by atomic mass is 10.2. The number of ether oxygens (including phenoxy) is 1. The molecular weight excluding hydrogens is 210 g/mol. The molecule has 0 aliphatic carbocycles. The maximum atomic E-state index is 5.76. The van der Waals surface area contributed by atoms with Crippen LogP contribution in [0, 0.1) is 0 Å². The van der Waals surface area contributed by atoms with Crippen LogP contribution in [0.25, 0.3) is 0 Å². The Hall–Kier alpha value is -0.390. The number of nitrogens with one attached hydrogen (secondary N) is 1. The van der Waals surface area contributed by atoms with E-state index in [1.165, 1.54) is 0 Å². The van der Waals surface area contributed by atoms with Gasteiger partial charge in [-0.3, -0.25) is 0 Å². The average molecular weight is 222 g/mol. The molecule has 0 bridgehead atoms. The minimum absolute atomic E-state index is 0.293. The predicted molar refractivity (Wildman–Crippen MR) is 54.5 cm³/mol. The number of hydrogen-bond acceptors (Lipinski definition) is 5. The smallest absolute Gasteiger partial charge is 0.186 e. The van der Waals surface area contributed by atoms with Gasteiger partial charge < -0.3 is 10.1 Å². The van der Waals surface area contributed by atoms with Crippen LogP contribution in [-0.4, -0.2) is 28.5 Å². The van der Waals surface area contributed by atoms with Gasteiger partial charge in [0.2, 0.25) is 0 Å². The standard InChI is InChI=1S/C7H12ClN3OS/c1-5(3-4-12-2)9-7-6(8)10-13-11-7/h5H,3-4H2,1-2H3,(H,9,11). The monoisotopic (exact) mass is 221 g/mol. The second kappa shape index (κ2) is 5.36. The largest absolute Gasteiger partial charge is 0.385 e. The van der Waals surface area contributed by atoms with Crippen LogP contribution in [0.1, 0.15) is 13.3 Å². The lowest BCUT2D eigenvalue weighted by Gasteiger charge is -2.11. The zero-order valence-electron chi connectivity index (χ0n) is 7.58. The number of hydrogen-bond donors (Lipinski definition) is 1. The maximum absolute atomic E-state index is 5.76. The Kier molecular flexibility index (Phi) is 4.41. The van der Waals surface area contributed by atoms with Crippen LogP contribution in [0.2, 0.25) is 5.15 Å². The van der Waals surface area contributed by atoms with E-state index >= 15 is 0 Å². The third kappa shape index (κ3) is 3.46. The minimum Gasteiger partial charge on any atom is -0.385 e. The molecule has 1 aromatic rings. The number of rotatable bonds is 5. The van der Waals surface area contributed by atoms with Gasteiger partial charge in [-0.25, -0.2) is 0 Å². The van der Waals surface area contributed by atoms with Crippen molar-refractivity contribution >= 4 is 29.1 Å². The molecule has 0 saturated heterocycles. The van der Waals surface area contributed by atoms with E-state index in [0.717, 1.165) is 24.8 Å². The molecule has 0 amide bonds. The molecule has 0 aromatic carbocycles. The summed E-state index contributed by atoms with van der Waals surface area (Å²) in [5.41, 5.74) is 0. The van der Waals surface area contributed by atoms with Gasteiger partial charge in [0, 0.05) is 19.8 Å². The van der Waals surface area contributed by atoms with Crippen LogP contribution in [-0.2, 0) is 4.74 Å². The molecule has 1 unspecified atom stereocenters. The Labute approximate surface area is 86.6 Å². The van der Waals surface area contributed by atoms with Crippen molar-refractivity contribution in [2.24, 2.45) is 0 Å². The molecule has 0 aliphatic heterocycles. The van der Waals surface area contributed by atoms with E-state index in [-0.39, 0.29) is 0 Å². The molecule has 1 atom stereocenters. The Bertz CT molecular complexity index is 256. The van der Waals surface area contributed by atoms with E-state index in [1.54, 1.807) is 7.11 Å². The van der Waals surface area contributed by atoms with E-state index in [0.29, 0.717) is 17.0 Å². The molecule has 4 nitrogen and oxygen atoms in total. The summed E-state index contributed by atoms with van der Waals surface area (Å²) in [5, 5.41) is 3.59. The van der Waals surface area contributed by atoms with Crippen molar-refractivity contribution in [1.29, 1.82) is 0 Å². The van der Waals surface area contributed by atoms with Crippen LogP contribution < -0.4 is 5.32 Å². The highest BCUT2D eigenvalue weighted by Crippen LogP contribution is 2.18. The van der Waals surface area contributed by atoms with Crippen molar-refractivity contribution in [3.63, 3.8) is 0 Å². The third-order valence-corrected chi connectivity index (χ3v) is 2.48. The first-order chi connectivity index (χ1) is 6.24. The molecule has 0 aliphatic rings. The molecule has 74 valence electrons. The van der Waals surface area contributed by atoms with Crippen molar-refractivity contribution in [2.75, 3.05) is 19.0 Å². The summed E-state index contributed by atoms with van der Waals surface area (Å²) in [6.07, 6.45) is 0.921. The summed E-state index contributed by atoms with van der Waals surface area (Å²) in [6.45, 7) is 2.78. The van der Waals surface area contributed by atoms with Gasteiger partial charge in [0.15, 0.2) is 11.0 Å². The molecular formula is C7H12ClN3OS. The van der Waals surface area contributed by atoms with Gasteiger partial charge in [0.1, 0.15) is 0 Å². The topological polar surface area (TPSA) is 47.0 Å². The lowest BCUT2D eigenvalue weighted by Crippen LogP contribution is -2.17. The lowest BCUT2D eigenvalue weighted by molar-refractivity contribution is 0.191. The fourth-order valence-corrected chi connectivity index (χ4v) is 1.52. The summed E-state index contributed by atoms with van der Waals surface area (Å²) in [5.74, 6) is 0.662. The highest BCUT2D eigenvalue weighted by atomic mass is 35.5. The van der Waals surface area contributed by atoms with Gasteiger partial charge in [0.05, 0.1) is 11.7 Å². The molecule has 13 heavy (non-hydrogen) atoms. The number of methoxy groups -OCH3 is 1. The Morgan fingerprint density at radius 1 is 1.62 bits per heavy atom. The van der Waals surface area contributed by atoms with E-state index in [1.807, 2.05) is 0 Å². The van der Waals surface area contributed by atoms with E-state index in [2.05, 4.69) is 21.0 Å². The molecule has 1 rings (SSSR count). The summed E-state index contributed by atoms with van der Waals surface area (Å²) < 4.78 is 12.8. The van der Waals surface area contributed by atoms with Gasteiger partial charge >= 0.3 is 0 Å². The van der Waals surface area contributed by atoms with Crippen LogP contribution in [0.15, 0.2) is 0 Å². The highest BCUT2D eigenvalue weighted by Gasteiger charge is 2.08. The fourth-order valence-electron chi connectivity index (χ4n) is 0.864. The van der Waals surface area contributed by atoms with Gasteiger partial charge in [-0.05, 0) is 13.3 Å². The molecule has 1 heterocycles. The SMILES string of the molecule is COCCC(C)Nc1nsnc1Cl. The van der Waals surface area contributed by atoms with Gasteiger partial charge in [0.25, 0.3) is 0 Å². The first-order valence-corrected chi connectivity index (χ1v) is 5.08. The van der Waals surface area contributed by atoms with E-state index in [9.17, 15) is 0 Å². The third-order valence-electron chi connectivity index (χ3n) is 1.59. The zero-order valence-corrected chi connectivity index (χ0v) is 9.15. The molecule has 0 spiro atoms. The first kappa shape index (κ1) is 10.7. The zero-order chi connectivity index (χ0) is 9.68. The highest BCUT2D eigenvalue weighted by molar-refractivity contribution is 6.99. The molecule has 0 saturated carbocycles. The number of halogens is 1. The molecule has 6 heteroatoms. The summed E-state index contributed by atoms with van der Waals surface area (Å²) in [4.78, 5) is 0. The van der Waals surface area contributed by atoms with Crippen molar-refractivity contribution in [3.05, 3.63) is 5.15 Å². The van der Waals surface area contributed by atoms with Crippen LogP contribution in [0.3, 0.4) is 0 Å². The fraction of sp³-hybridized carbons (Fsp3) is 0.714. The van der Waals surface area contributed by atoms with Crippen LogP contribution in [0.5, 0.6) is 0 Å². The molecule has 1 aromatic heterocycles. The maximum Gasteiger partial charge on any atom is 0.186 e. The van der Waals surface area contributed by atoms with Gasteiger partial charge in [-0.1, -0.05) is 11.6 Å². The first-order valence-electron chi connectivity index (χ1n) is 3.97. The van der Waals surface area contributed by atoms with E-state index in [4.69, 9.17) is 16.3 Å². The molecule has 0 radical (unpaired) electrons. The second-order valence-corrected chi connectivity index (χ2v) is 3.62. The molecule has 0 fully saturated rings. The van der Waals surface area contributed by atoms with Gasteiger partial charge in [-0.15, -0.1) is 0 Å². The second-order valence-electron chi connectivity index (χ2n) is 2.73. The number of anilines is 1. The van der Waals surface area contributed by atoms with E-state index < -0.39 is 0 Å². The minimum atomic E-state index is 0.293. The van der Waals surface area contributed by atoms with Crippen molar-refractivity contribution in [3.8, 4) is 0 Å². The number of aromatic nitrogens is 2.